The van der Waals surface area contributed by atoms with Gasteiger partial charge < -0.3 is 5.32 Å². The Morgan fingerprint density at radius 2 is 2.04 bits per heavy atom. The van der Waals surface area contributed by atoms with Crippen molar-refractivity contribution in [2.24, 2.45) is 0 Å². The number of carbonyl (C=O) groups is 1. The molecule has 1 aromatic carbocycles. The Morgan fingerprint density at radius 3 is 2.73 bits per heavy atom. The van der Waals surface area contributed by atoms with Gasteiger partial charge in [0.05, 0.1) is 0 Å². The van der Waals surface area contributed by atoms with Gasteiger partial charge in [0.2, 0.25) is 0 Å². The van der Waals surface area contributed by atoms with Crippen LogP contribution in [0, 0.1) is 18.8 Å². The topological polar surface area (TPSA) is 59.8 Å². The monoisotopic (exact) mass is 344 g/mol. The molecule has 0 saturated heterocycles. The number of amides is 1. The summed E-state index contributed by atoms with van der Waals surface area (Å²) in [5, 5.41) is 7.17. The first-order chi connectivity index (χ1) is 12.5. The Hall–Kier alpha value is -3.39. The van der Waals surface area contributed by atoms with Crippen molar-refractivity contribution < 1.29 is 4.79 Å². The fourth-order valence-corrected chi connectivity index (χ4v) is 2.35. The van der Waals surface area contributed by atoms with Gasteiger partial charge in [-0.25, -0.2) is 0 Å². The normalized spacial score (nSPS) is 10.3. The molecule has 130 valence electrons. The molecule has 5 nitrogen and oxygen atoms in total. The lowest BCUT2D eigenvalue weighted by molar-refractivity contribution is 0.102. The van der Waals surface area contributed by atoms with E-state index in [4.69, 9.17) is 0 Å². The Bertz CT molecular complexity index is 978. The van der Waals surface area contributed by atoms with Crippen LogP contribution in [0.4, 0.5) is 5.82 Å². The molecule has 0 saturated carbocycles. The average Bonchev–Trinajstić information content (AvgIpc) is 3.10. The van der Waals surface area contributed by atoms with Crippen LogP contribution in [0.1, 0.15) is 46.9 Å². The third-order valence-corrected chi connectivity index (χ3v) is 3.88. The maximum absolute atomic E-state index is 12.5. The highest BCUT2D eigenvalue weighted by molar-refractivity contribution is 6.04. The molecule has 2 aromatic heterocycles. The second-order valence-corrected chi connectivity index (χ2v) is 6.25. The summed E-state index contributed by atoms with van der Waals surface area (Å²) < 4.78 is 1.80. The van der Waals surface area contributed by atoms with Crippen molar-refractivity contribution in [3.8, 4) is 11.8 Å². The van der Waals surface area contributed by atoms with E-state index in [0.717, 1.165) is 16.7 Å². The highest BCUT2D eigenvalue weighted by Gasteiger charge is 2.10. The minimum atomic E-state index is -0.205. The van der Waals surface area contributed by atoms with Gasteiger partial charge in [0.15, 0.2) is 5.82 Å². The van der Waals surface area contributed by atoms with Crippen molar-refractivity contribution in [2.45, 2.75) is 26.8 Å². The minimum Gasteiger partial charge on any atom is -0.305 e. The second kappa shape index (κ2) is 7.66. The summed E-state index contributed by atoms with van der Waals surface area (Å²) in [5.41, 5.74) is 3.21. The third-order valence-electron chi connectivity index (χ3n) is 3.88. The molecule has 0 radical (unpaired) electrons. The van der Waals surface area contributed by atoms with Gasteiger partial charge in [0, 0.05) is 47.4 Å². The molecule has 1 amide bonds. The summed E-state index contributed by atoms with van der Waals surface area (Å²) in [7, 11) is 0. The van der Waals surface area contributed by atoms with E-state index in [1.54, 1.807) is 35.3 Å². The van der Waals surface area contributed by atoms with E-state index >= 15 is 0 Å². The molecular formula is C21H20N4O. The van der Waals surface area contributed by atoms with Gasteiger partial charge >= 0.3 is 0 Å². The summed E-state index contributed by atoms with van der Waals surface area (Å²) in [5.74, 6) is 6.52. The number of rotatable bonds is 3. The number of carbonyl (C=O) groups excluding carboxylic acids is 1. The molecular weight excluding hydrogens is 324 g/mol. The quantitative estimate of drug-likeness (QED) is 0.735. The van der Waals surface area contributed by atoms with Crippen LogP contribution < -0.4 is 5.32 Å². The van der Waals surface area contributed by atoms with E-state index in [1.165, 1.54) is 0 Å². The molecule has 3 aromatic rings. The van der Waals surface area contributed by atoms with Gasteiger partial charge in [-0.15, -0.1) is 0 Å². The third kappa shape index (κ3) is 4.17. The van der Waals surface area contributed by atoms with Crippen molar-refractivity contribution in [1.82, 2.24) is 14.8 Å². The van der Waals surface area contributed by atoms with Crippen LogP contribution in [-0.2, 0) is 0 Å². The van der Waals surface area contributed by atoms with Crippen molar-refractivity contribution in [3.63, 3.8) is 0 Å². The predicted octanol–water partition coefficient (Wildman–Crippen LogP) is 3.82. The zero-order chi connectivity index (χ0) is 18.5. The SMILES string of the molecule is Cc1ccc(C(=O)Nc2ccn(C(C)C)n2)cc1C#Cc1cccnc1. The van der Waals surface area contributed by atoms with Crippen molar-refractivity contribution in [2.75, 3.05) is 5.32 Å². The van der Waals surface area contributed by atoms with Gasteiger partial charge in [0.1, 0.15) is 0 Å². The molecule has 0 aliphatic heterocycles. The van der Waals surface area contributed by atoms with Gasteiger partial charge in [-0.1, -0.05) is 17.9 Å². The van der Waals surface area contributed by atoms with E-state index in [0.29, 0.717) is 11.4 Å². The van der Waals surface area contributed by atoms with Crippen molar-refractivity contribution >= 4 is 11.7 Å². The number of aromatic nitrogens is 3. The Kier molecular flexibility index (Phi) is 5.14. The molecule has 0 bridgehead atoms. The number of pyridine rings is 1. The highest BCUT2D eigenvalue weighted by atomic mass is 16.1. The van der Waals surface area contributed by atoms with E-state index in [2.05, 4.69) is 27.2 Å². The maximum Gasteiger partial charge on any atom is 0.256 e. The smallest absolute Gasteiger partial charge is 0.256 e. The average molecular weight is 344 g/mol. The molecule has 3 rings (SSSR count). The summed E-state index contributed by atoms with van der Waals surface area (Å²) in [6, 6.07) is 11.3. The minimum absolute atomic E-state index is 0.205. The van der Waals surface area contributed by atoms with Gasteiger partial charge in [-0.05, 0) is 50.6 Å². The largest absolute Gasteiger partial charge is 0.305 e. The number of anilines is 1. The lowest BCUT2D eigenvalue weighted by Crippen LogP contribution is -2.13. The van der Waals surface area contributed by atoms with E-state index in [-0.39, 0.29) is 11.9 Å². The molecule has 5 heteroatoms. The Balaban J connectivity index is 1.80. The van der Waals surface area contributed by atoms with E-state index in [1.807, 2.05) is 45.2 Å². The molecule has 1 N–H and O–H groups in total. The van der Waals surface area contributed by atoms with E-state index in [9.17, 15) is 4.79 Å². The van der Waals surface area contributed by atoms with Crippen LogP contribution in [0.25, 0.3) is 0 Å². The molecule has 0 aliphatic carbocycles. The van der Waals surface area contributed by atoms with Gasteiger partial charge in [-0.3, -0.25) is 14.5 Å². The van der Waals surface area contributed by atoms with E-state index < -0.39 is 0 Å². The number of hydrogen-bond donors (Lipinski definition) is 1. The lowest BCUT2D eigenvalue weighted by atomic mass is 10.0. The summed E-state index contributed by atoms with van der Waals surface area (Å²) >= 11 is 0. The number of nitrogens with zero attached hydrogens (tertiary/aromatic N) is 3. The van der Waals surface area contributed by atoms with Crippen molar-refractivity contribution in [3.05, 3.63) is 77.2 Å². The van der Waals surface area contributed by atoms with Crippen LogP contribution >= 0.6 is 0 Å². The molecule has 0 aliphatic rings. The number of hydrogen-bond acceptors (Lipinski definition) is 3. The maximum atomic E-state index is 12.5. The molecule has 0 spiro atoms. The fraction of sp³-hybridized carbons (Fsp3) is 0.190. The van der Waals surface area contributed by atoms with Crippen LogP contribution in [0.5, 0.6) is 0 Å². The second-order valence-electron chi connectivity index (χ2n) is 6.25. The summed E-state index contributed by atoms with van der Waals surface area (Å²) in [4.78, 5) is 16.6. The summed E-state index contributed by atoms with van der Waals surface area (Å²) in [6.07, 6.45) is 5.27. The molecule has 2 heterocycles. The predicted molar refractivity (Wildman–Crippen MR) is 102 cm³/mol. The fourth-order valence-electron chi connectivity index (χ4n) is 2.35. The van der Waals surface area contributed by atoms with Crippen LogP contribution in [0.15, 0.2) is 55.0 Å². The zero-order valence-electron chi connectivity index (χ0n) is 15.0. The van der Waals surface area contributed by atoms with Crippen LogP contribution in [0.2, 0.25) is 0 Å². The first-order valence-electron chi connectivity index (χ1n) is 8.42. The standard InChI is InChI=1S/C21H20N4O/c1-15(2)25-12-10-20(24-25)23-21(26)19-8-6-16(3)18(13-19)9-7-17-5-4-11-22-14-17/h4-6,8,10-15H,1-3H3,(H,23,24,26). The summed E-state index contributed by atoms with van der Waals surface area (Å²) in [6.45, 7) is 6.04. The number of nitrogens with one attached hydrogen (secondary N) is 1. The highest BCUT2D eigenvalue weighted by Crippen LogP contribution is 2.14. The van der Waals surface area contributed by atoms with Gasteiger partial charge in [0.25, 0.3) is 5.91 Å². The van der Waals surface area contributed by atoms with Crippen LogP contribution in [0.3, 0.4) is 0 Å². The molecule has 0 unspecified atom stereocenters. The Morgan fingerprint density at radius 1 is 1.19 bits per heavy atom. The Labute approximate surface area is 153 Å². The number of aryl methyl sites for hydroxylation is 1. The van der Waals surface area contributed by atoms with Crippen molar-refractivity contribution in [1.29, 1.82) is 0 Å². The zero-order valence-corrected chi connectivity index (χ0v) is 15.0. The first kappa shape index (κ1) is 17.4. The lowest BCUT2D eigenvalue weighted by Gasteiger charge is -2.06. The number of benzene rings is 1. The molecule has 0 fully saturated rings. The molecule has 26 heavy (non-hydrogen) atoms. The van der Waals surface area contributed by atoms with Crippen LogP contribution in [-0.4, -0.2) is 20.7 Å². The first-order valence-corrected chi connectivity index (χ1v) is 8.42. The van der Waals surface area contributed by atoms with Gasteiger partial charge in [-0.2, -0.15) is 5.10 Å². The molecule has 0 atom stereocenters.